The van der Waals surface area contributed by atoms with Crippen LogP contribution in [0.3, 0.4) is 0 Å². The second-order valence-corrected chi connectivity index (χ2v) is 6.00. The van der Waals surface area contributed by atoms with Gasteiger partial charge in [-0.2, -0.15) is 5.06 Å². The van der Waals surface area contributed by atoms with Crippen molar-refractivity contribution in [2.24, 2.45) is 0 Å². The zero-order valence-electron chi connectivity index (χ0n) is 11.9. The van der Waals surface area contributed by atoms with Gasteiger partial charge in [-0.3, -0.25) is 4.79 Å². The van der Waals surface area contributed by atoms with Crippen molar-refractivity contribution in [1.82, 2.24) is 15.3 Å². The Labute approximate surface area is 122 Å². The van der Waals surface area contributed by atoms with E-state index < -0.39 is 12.1 Å². The van der Waals surface area contributed by atoms with Crippen LogP contribution in [0.1, 0.15) is 44.9 Å². The fourth-order valence-electron chi connectivity index (χ4n) is 3.58. The van der Waals surface area contributed by atoms with Gasteiger partial charge in [0.1, 0.15) is 6.04 Å². The van der Waals surface area contributed by atoms with E-state index >= 15 is 0 Å². The molecule has 0 aromatic rings. The van der Waals surface area contributed by atoms with Gasteiger partial charge in [0.25, 0.3) is 0 Å². The maximum Gasteiger partial charge on any atom is 0.347 e. The van der Waals surface area contributed by atoms with Crippen molar-refractivity contribution in [1.29, 1.82) is 0 Å². The number of hydrogen-bond acceptors (Lipinski definition) is 5. The summed E-state index contributed by atoms with van der Waals surface area (Å²) >= 11 is 0. The highest BCUT2D eigenvalue weighted by Crippen LogP contribution is 2.30. The third-order valence-electron chi connectivity index (χ3n) is 4.69. The molecular weight excluding hydrogens is 278 g/mol. The van der Waals surface area contributed by atoms with Crippen LogP contribution < -0.4 is 5.32 Å². The topological polar surface area (TPSA) is 91.3 Å². The highest BCUT2D eigenvalue weighted by molar-refractivity contribution is 5.88. The molecule has 2 N–H and O–H groups in total. The fraction of sp³-hybridized carbons (Fsp3) is 0.846. The van der Waals surface area contributed by atoms with E-state index in [1.165, 1.54) is 11.3 Å². The molecule has 2 saturated heterocycles. The number of carbonyl (C=O) groups excluding carboxylic acids is 2. The van der Waals surface area contributed by atoms with Gasteiger partial charge in [-0.25, -0.2) is 10.1 Å². The Hall–Kier alpha value is -1.38. The van der Waals surface area contributed by atoms with E-state index in [2.05, 4.69) is 15.3 Å². The molecule has 0 spiro atoms. The van der Waals surface area contributed by atoms with Crippen molar-refractivity contribution >= 4 is 11.9 Å². The predicted molar refractivity (Wildman–Crippen MR) is 70.6 cm³/mol. The SMILES string of the molecule is O=C(NC1CCCCC1)[C@@H]1CCC2CN1C(=O)N2OOO. The minimum Gasteiger partial charge on any atom is -0.352 e. The van der Waals surface area contributed by atoms with Crippen molar-refractivity contribution < 1.29 is 24.9 Å². The first kappa shape index (κ1) is 14.6. The molecular formula is C13H21N3O5. The van der Waals surface area contributed by atoms with Crippen LogP contribution in [0, 0.1) is 0 Å². The van der Waals surface area contributed by atoms with Crippen molar-refractivity contribution in [2.75, 3.05) is 6.54 Å². The number of hydrogen-bond donors (Lipinski definition) is 2. The number of piperidine rings is 1. The predicted octanol–water partition coefficient (Wildman–Crippen LogP) is 1.04. The summed E-state index contributed by atoms with van der Waals surface area (Å²) in [6.45, 7) is 0.422. The zero-order chi connectivity index (χ0) is 14.8. The maximum atomic E-state index is 12.4. The first-order valence-corrected chi connectivity index (χ1v) is 7.59. The Kier molecular flexibility index (Phi) is 4.27. The molecule has 8 nitrogen and oxygen atoms in total. The molecule has 2 atom stereocenters. The fourth-order valence-corrected chi connectivity index (χ4v) is 3.58. The summed E-state index contributed by atoms with van der Waals surface area (Å²) in [5.74, 6) is -0.0829. The van der Waals surface area contributed by atoms with E-state index in [-0.39, 0.29) is 18.0 Å². The van der Waals surface area contributed by atoms with Crippen LogP contribution in [-0.4, -0.2) is 51.8 Å². The van der Waals surface area contributed by atoms with Crippen LogP contribution in [0.25, 0.3) is 0 Å². The molecule has 2 bridgehead atoms. The lowest BCUT2D eigenvalue weighted by atomic mass is 9.94. The maximum absolute atomic E-state index is 12.4. The van der Waals surface area contributed by atoms with Gasteiger partial charge >= 0.3 is 6.03 Å². The number of nitrogens with one attached hydrogen (secondary N) is 1. The van der Waals surface area contributed by atoms with Crippen LogP contribution in [0.5, 0.6) is 0 Å². The molecule has 2 heterocycles. The van der Waals surface area contributed by atoms with Crippen LogP contribution in [0.2, 0.25) is 0 Å². The number of rotatable bonds is 4. The standard InChI is InChI=1S/C13H21N3O5/c17-12(14-9-4-2-1-3-5-9)11-7-6-10-8-15(11)13(18)16(10)20-21-19/h9-11,19H,1-8H2,(H,14,17)/t10?,11-/m0/s1. The molecule has 3 fully saturated rings. The lowest BCUT2D eigenvalue weighted by Gasteiger charge is -2.31. The average molecular weight is 299 g/mol. The second kappa shape index (κ2) is 6.17. The first-order chi connectivity index (χ1) is 10.2. The van der Waals surface area contributed by atoms with Crippen LogP contribution >= 0.6 is 0 Å². The molecule has 8 heteroatoms. The number of fused-ring (bicyclic) bond motifs is 2. The Balaban J connectivity index is 1.61. The highest BCUT2D eigenvalue weighted by Gasteiger charge is 2.48. The van der Waals surface area contributed by atoms with Gasteiger partial charge in [0.15, 0.2) is 0 Å². The number of carbonyl (C=O) groups is 2. The summed E-state index contributed by atoms with van der Waals surface area (Å²) in [6, 6.07) is -0.837. The van der Waals surface area contributed by atoms with E-state index in [9.17, 15) is 9.59 Å². The van der Waals surface area contributed by atoms with Gasteiger partial charge < -0.3 is 10.2 Å². The van der Waals surface area contributed by atoms with Crippen molar-refractivity contribution in [3.63, 3.8) is 0 Å². The Morgan fingerprint density at radius 2 is 1.95 bits per heavy atom. The second-order valence-electron chi connectivity index (χ2n) is 6.00. The van der Waals surface area contributed by atoms with Gasteiger partial charge in [0.05, 0.1) is 6.04 Å². The molecule has 3 amide bonds. The van der Waals surface area contributed by atoms with Gasteiger partial charge in [0.2, 0.25) is 5.91 Å². The summed E-state index contributed by atoms with van der Waals surface area (Å²) in [7, 11) is 0. The summed E-state index contributed by atoms with van der Waals surface area (Å²) in [5.41, 5.74) is 0. The van der Waals surface area contributed by atoms with Gasteiger partial charge in [-0.1, -0.05) is 24.3 Å². The van der Waals surface area contributed by atoms with Gasteiger partial charge in [-0.15, -0.1) is 0 Å². The molecule has 21 heavy (non-hydrogen) atoms. The molecule has 118 valence electrons. The number of amides is 3. The number of urea groups is 1. The largest absolute Gasteiger partial charge is 0.352 e. The van der Waals surface area contributed by atoms with E-state index in [1.807, 2.05) is 0 Å². The first-order valence-electron chi connectivity index (χ1n) is 7.59. The van der Waals surface area contributed by atoms with Crippen molar-refractivity contribution in [3.05, 3.63) is 0 Å². The number of nitrogens with zero attached hydrogens (tertiary/aromatic N) is 2. The third-order valence-corrected chi connectivity index (χ3v) is 4.69. The summed E-state index contributed by atoms with van der Waals surface area (Å²) in [4.78, 5) is 30.5. The molecule has 0 aromatic heterocycles. The number of hydroxylamine groups is 2. The Morgan fingerprint density at radius 3 is 2.67 bits per heavy atom. The Morgan fingerprint density at radius 1 is 1.19 bits per heavy atom. The quantitative estimate of drug-likeness (QED) is 0.598. The van der Waals surface area contributed by atoms with Crippen LogP contribution in [0.15, 0.2) is 0 Å². The lowest BCUT2D eigenvalue weighted by molar-refractivity contribution is -0.556. The Bertz CT molecular complexity index is 413. The van der Waals surface area contributed by atoms with Gasteiger partial charge in [-0.05, 0) is 30.7 Å². The van der Waals surface area contributed by atoms with Crippen molar-refractivity contribution in [3.8, 4) is 0 Å². The van der Waals surface area contributed by atoms with E-state index in [0.29, 0.717) is 19.4 Å². The lowest BCUT2D eigenvalue weighted by Crippen LogP contribution is -2.52. The minimum absolute atomic E-state index is 0.0829. The van der Waals surface area contributed by atoms with E-state index in [0.717, 1.165) is 30.7 Å². The monoisotopic (exact) mass is 299 g/mol. The van der Waals surface area contributed by atoms with Gasteiger partial charge in [0, 0.05) is 12.6 Å². The normalized spacial score (nSPS) is 29.9. The highest BCUT2D eigenvalue weighted by atomic mass is 17.5. The molecule has 0 radical (unpaired) electrons. The van der Waals surface area contributed by atoms with E-state index in [4.69, 9.17) is 5.26 Å². The smallest absolute Gasteiger partial charge is 0.347 e. The molecule has 2 aliphatic heterocycles. The molecule has 1 unspecified atom stereocenters. The summed E-state index contributed by atoms with van der Waals surface area (Å²) in [6.07, 6.45) is 6.81. The van der Waals surface area contributed by atoms with Crippen LogP contribution in [-0.2, 0) is 14.8 Å². The summed E-state index contributed by atoms with van der Waals surface area (Å²) < 4.78 is 0. The molecule has 3 aliphatic rings. The average Bonchev–Trinajstić information content (AvgIpc) is 2.74. The molecule has 3 rings (SSSR count). The molecule has 1 aliphatic carbocycles. The minimum atomic E-state index is -0.456. The summed E-state index contributed by atoms with van der Waals surface area (Å²) in [5, 5.41) is 16.0. The molecule has 1 saturated carbocycles. The van der Waals surface area contributed by atoms with E-state index in [1.54, 1.807) is 0 Å². The molecule has 0 aromatic carbocycles. The van der Waals surface area contributed by atoms with Crippen LogP contribution in [0.4, 0.5) is 4.79 Å². The third kappa shape index (κ3) is 2.83. The zero-order valence-corrected chi connectivity index (χ0v) is 11.9. The van der Waals surface area contributed by atoms with Crippen molar-refractivity contribution in [2.45, 2.75) is 63.1 Å².